The van der Waals surface area contributed by atoms with Gasteiger partial charge in [0.05, 0.1) is 5.60 Å². The molecule has 0 spiro atoms. The van der Waals surface area contributed by atoms with Crippen LogP contribution in [0.3, 0.4) is 0 Å². The number of ether oxygens (including phenoxy) is 2. The molecule has 0 bridgehead atoms. The second-order valence-electron chi connectivity index (χ2n) is 5.36. The summed E-state index contributed by atoms with van der Waals surface area (Å²) >= 11 is 0. The van der Waals surface area contributed by atoms with Crippen molar-refractivity contribution in [3.05, 3.63) is 35.6 Å². The smallest absolute Gasteiger partial charge is 0.162 e. The van der Waals surface area contributed by atoms with Crippen molar-refractivity contribution in [1.29, 1.82) is 0 Å². The zero-order valence-corrected chi connectivity index (χ0v) is 12.4. The summed E-state index contributed by atoms with van der Waals surface area (Å²) in [6, 6.07) is 5.63. The lowest BCUT2D eigenvalue weighted by Crippen LogP contribution is -2.24. The van der Waals surface area contributed by atoms with Crippen molar-refractivity contribution in [3.63, 3.8) is 0 Å². The number of carbonyl (C=O) groups excluding carboxylic acids is 1. The van der Waals surface area contributed by atoms with Gasteiger partial charge in [-0.05, 0) is 51.0 Å². The molecular formula is C16H23FO3. The average Bonchev–Trinajstić information content (AvgIpc) is 2.43. The average molecular weight is 282 g/mol. The van der Waals surface area contributed by atoms with Crippen molar-refractivity contribution in [3.8, 4) is 0 Å². The Balaban J connectivity index is 2.15. The molecule has 0 aliphatic carbocycles. The number of benzene rings is 1. The van der Waals surface area contributed by atoms with Gasteiger partial charge in [-0.2, -0.15) is 0 Å². The van der Waals surface area contributed by atoms with Crippen molar-refractivity contribution in [2.45, 2.75) is 38.7 Å². The van der Waals surface area contributed by atoms with Crippen molar-refractivity contribution < 1.29 is 18.7 Å². The molecule has 0 radical (unpaired) electrons. The predicted octanol–water partition coefficient (Wildman–Crippen LogP) is 3.62. The highest BCUT2D eigenvalue weighted by molar-refractivity contribution is 5.95. The summed E-state index contributed by atoms with van der Waals surface area (Å²) in [5.74, 6) is -0.309. The minimum absolute atomic E-state index is 0.0193. The van der Waals surface area contributed by atoms with Gasteiger partial charge >= 0.3 is 0 Å². The molecule has 20 heavy (non-hydrogen) atoms. The number of Topliss-reactive ketones (excluding diaryl/α,β-unsaturated/α-hetero) is 1. The number of methoxy groups -OCH3 is 1. The molecule has 1 rings (SSSR count). The quantitative estimate of drug-likeness (QED) is 0.512. The van der Waals surface area contributed by atoms with Crippen molar-refractivity contribution in [1.82, 2.24) is 0 Å². The molecule has 0 saturated heterocycles. The third kappa shape index (κ3) is 6.26. The van der Waals surface area contributed by atoms with Crippen LogP contribution in [0.25, 0.3) is 0 Å². The Hall–Kier alpha value is -1.26. The second-order valence-corrected chi connectivity index (χ2v) is 5.36. The normalized spacial score (nSPS) is 11.6. The summed E-state index contributed by atoms with van der Waals surface area (Å²) in [6.45, 7) is 5.18. The molecular weight excluding hydrogens is 259 g/mol. The molecule has 1 aromatic carbocycles. The van der Waals surface area contributed by atoms with E-state index in [1.807, 2.05) is 13.8 Å². The van der Waals surface area contributed by atoms with Gasteiger partial charge in [-0.1, -0.05) is 0 Å². The molecule has 0 saturated carbocycles. The zero-order valence-electron chi connectivity index (χ0n) is 12.4. The van der Waals surface area contributed by atoms with Gasteiger partial charge in [-0.3, -0.25) is 4.79 Å². The van der Waals surface area contributed by atoms with Crippen LogP contribution < -0.4 is 0 Å². The zero-order chi connectivity index (χ0) is 15.0. The van der Waals surface area contributed by atoms with Gasteiger partial charge in [-0.15, -0.1) is 0 Å². The van der Waals surface area contributed by atoms with Crippen molar-refractivity contribution in [2.75, 3.05) is 20.3 Å². The minimum Gasteiger partial charge on any atom is -0.381 e. The fourth-order valence-corrected chi connectivity index (χ4v) is 1.64. The molecule has 0 aliphatic rings. The van der Waals surface area contributed by atoms with Gasteiger partial charge in [0, 0.05) is 32.3 Å². The van der Waals surface area contributed by atoms with E-state index in [0.29, 0.717) is 31.6 Å². The lowest BCUT2D eigenvalue weighted by Gasteiger charge is -2.22. The lowest BCUT2D eigenvalue weighted by molar-refractivity contribution is -0.0101. The maximum Gasteiger partial charge on any atom is 0.162 e. The fraction of sp³-hybridized carbons (Fsp3) is 0.562. The summed E-state index contributed by atoms with van der Waals surface area (Å²) in [6.07, 6.45) is 1.90. The Bertz CT molecular complexity index is 412. The van der Waals surface area contributed by atoms with Crippen LogP contribution in [0.1, 0.15) is 43.5 Å². The van der Waals surface area contributed by atoms with E-state index in [4.69, 9.17) is 9.47 Å². The third-order valence-electron chi connectivity index (χ3n) is 3.26. The standard InChI is InChI=1S/C16H23FO3/c1-16(2,19-3)10-12-20-11-4-5-15(18)13-6-8-14(17)9-7-13/h6-9H,4-5,10-12H2,1-3H3. The first-order valence-electron chi connectivity index (χ1n) is 6.86. The van der Waals surface area contributed by atoms with Gasteiger partial charge in [0.1, 0.15) is 5.82 Å². The highest BCUT2D eigenvalue weighted by Crippen LogP contribution is 2.13. The van der Waals surface area contributed by atoms with Crippen molar-refractivity contribution >= 4 is 5.78 Å². The summed E-state index contributed by atoms with van der Waals surface area (Å²) in [4.78, 5) is 11.8. The highest BCUT2D eigenvalue weighted by Gasteiger charge is 2.15. The SMILES string of the molecule is COC(C)(C)CCOCCCC(=O)c1ccc(F)cc1. The minimum atomic E-state index is -0.328. The third-order valence-corrected chi connectivity index (χ3v) is 3.26. The van der Waals surface area contributed by atoms with Crippen LogP contribution >= 0.6 is 0 Å². The second kappa shape index (κ2) is 8.12. The Morgan fingerprint density at radius 2 is 1.85 bits per heavy atom. The summed E-state index contributed by atoms with van der Waals surface area (Å²) in [7, 11) is 1.68. The number of halogens is 1. The number of rotatable bonds is 9. The number of hydrogen-bond donors (Lipinski definition) is 0. The summed E-state index contributed by atoms with van der Waals surface area (Å²) in [5, 5.41) is 0. The van der Waals surface area contributed by atoms with Crippen molar-refractivity contribution in [2.24, 2.45) is 0 Å². The van der Waals surface area contributed by atoms with Crippen LogP contribution in [0.5, 0.6) is 0 Å². The topological polar surface area (TPSA) is 35.5 Å². The molecule has 0 aromatic heterocycles. The van der Waals surface area contributed by atoms with Gasteiger partial charge in [0.2, 0.25) is 0 Å². The van der Waals surface area contributed by atoms with E-state index < -0.39 is 0 Å². The monoisotopic (exact) mass is 282 g/mol. The van der Waals surface area contributed by atoms with Gasteiger partial charge in [0.15, 0.2) is 5.78 Å². The molecule has 0 aliphatic heterocycles. The molecule has 0 amide bonds. The van der Waals surface area contributed by atoms with E-state index in [2.05, 4.69) is 0 Å². The molecule has 0 heterocycles. The van der Waals surface area contributed by atoms with Crippen LogP contribution in [0, 0.1) is 5.82 Å². The first-order valence-corrected chi connectivity index (χ1v) is 6.86. The molecule has 112 valence electrons. The van der Waals surface area contributed by atoms with Crippen LogP contribution in [0.2, 0.25) is 0 Å². The van der Waals surface area contributed by atoms with Crippen LogP contribution in [0.4, 0.5) is 4.39 Å². The van der Waals surface area contributed by atoms with Gasteiger partial charge in [-0.25, -0.2) is 4.39 Å². The van der Waals surface area contributed by atoms with E-state index in [1.165, 1.54) is 24.3 Å². The Morgan fingerprint density at radius 3 is 2.45 bits per heavy atom. The maximum atomic E-state index is 12.7. The lowest BCUT2D eigenvalue weighted by atomic mass is 10.1. The molecule has 0 fully saturated rings. The number of carbonyl (C=O) groups is 1. The van der Waals surface area contributed by atoms with E-state index in [-0.39, 0.29) is 17.2 Å². The Morgan fingerprint density at radius 1 is 1.20 bits per heavy atom. The van der Waals surface area contributed by atoms with Crippen LogP contribution in [0.15, 0.2) is 24.3 Å². The van der Waals surface area contributed by atoms with E-state index >= 15 is 0 Å². The Labute approximate surface area is 120 Å². The van der Waals surface area contributed by atoms with E-state index in [9.17, 15) is 9.18 Å². The maximum absolute atomic E-state index is 12.7. The fourth-order valence-electron chi connectivity index (χ4n) is 1.64. The summed E-state index contributed by atoms with van der Waals surface area (Å²) < 4.78 is 23.5. The Kier molecular flexibility index (Phi) is 6.82. The molecule has 4 heteroatoms. The summed E-state index contributed by atoms with van der Waals surface area (Å²) in [5.41, 5.74) is 0.371. The molecule has 0 unspecified atom stereocenters. The number of hydrogen-bond acceptors (Lipinski definition) is 3. The highest BCUT2D eigenvalue weighted by atomic mass is 19.1. The molecule has 0 N–H and O–H groups in total. The largest absolute Gasteiger partial charge is 0.381 e. The van der Waals surface area contributed by atoms with E-state index in [1.54, 1.807) is 7.11 Å². The van der Waals surface area contributed by atoms with Crippen LogP contribution in [-0.4, -0.2) is 31.7 Å². The first-order chi connectivity index (χ1) is 9.44. The van der Waals surface area contributed by atoms with Crippen LogP contribution in [-0.2, 0) is 9.47 Å². The first kappa shape index (κ1) is 16.8. The molecule has 0 atom stereocenters. The molecule has 1 aromatic rings. The predicted molar refractivity (Wildman–Crippen MR) is 76.5 cm³/mol. The number of ketones is 1. The van der Waals surface area contributed by atoms with E-state index in [0.717, 1.165) is 6.42 Å². The molecule has 3 nitrogen and oxygen atoms in total. The van der Waals surface area contributed by atoms with Gasteiger partial charge < -0.3 is 9.47 Å². The van der Waals surface area contributed by atoms with Gasteiger partial charge in [0.25, 0.3) is 0 Å².